The maximum absolute atomic E-state index is 11.7. The average Bonchev–Trinajstić information content (AvgIpc) is 2.85. The van der Waals surface area contributed by atoms with Gasteiger partial charge in [-0.25, -0.2) is 0 Å². The van der Waals surface area contributed by atoms with Gasteiger partial charge in [-0.1, -0.05) is 44.2 Å². The molecule has 0 aliphatic rings. The molecule has 5 nitrogen and oxygen atoms in total. The van der Waals surface area contributed by atoms with Crippen molar-refractivity contribution in [3.8, 4) is 0 Å². The maximum atomic E-state index is 11.7. The summed E-state index contributed by atoms with van der Waals surface area (Å²) in [6, 6.07) is 10.4. The summed E-state index contributed by atoms with van der Waals surface area (Å²) < 4.78 is 1.81. The Kier molecular flexibility index (Phi) is 4.90. The van der Waals surface area contributed by atoms with Crippen molar-refractivity contribution >= 4 is 11.6 Å². The molecule has 1 heterocycles. The smallest absolute Gasteiger partial charge is 0.238 e. The fourth-order valence-corrected chi connectivity index (χ4v) is 1.79. The molecule has 0 fully saturated rings. The van der Waals surface area contributed by atoms with Gasteiger partial charge in [0.2, 0.25) is 5.91 Å². The molecule has 0 unspecified atom stereocenters. The molecule has 106 valence electrons. The van der Waals surface area contributed by atoms with Crippen LogP contribution in [0.2, 0.25) is 0 Å². The van der Waals surface area contributed by atoms with Crippen LogP contribution in [0.15, 0.2) is 42.7 Å². The molecule has 2 aromatic rings. The first-order valence-corrected chi connectivity index (χ1v) is 6.73. The molecule has 1 amide bonds. The highest BCUT2D eigenvalue weighted by atomic mass is 16.1. The molecule has 0 saturated heterocycles. The van der Waals surface area contributed by atoms with Crippen molar-refractivity contribution in [1.29, 1.82) is 0 Å². The molecule has 0 radical (unpaired) electrons. The Hall–Kier alpha value is -2.14. The first-order valence-electron chi connectivity index (χ1n) is 6.73. The van der Waals surface area contributed by atoms with Crippen molar-refractivity contribution in [3.63, 3.8) is 0 Å². The van der Waals surface area contributed by atoms with E-state index in [9.17, 15) is 4.79 Å². The van der Waals surface area contributed by atoms with Gasteiger partial charge in [0, 0.05) is 12.2 Å². The van der Waals surface area contributed by atoms with E-state index in [1.807, 2.05) is 50.4 Å². The number of nitrogens with one attached hydrogen (secondary N) is 2. The number of aromatic nitrogens is 2. The minimum absolute atomic E-state index is 0.0574. The highest BCUT2D eigenvalue weighted by molar-refractivity contribution is 5.91. The fraction of sp³-hybridized carbons (Fsp3) is 0.333. The van der Waals surface area contributed by atoms with Crippen LogP contribution in [0.4, 0.5) is 5.69 Å². The SMILES string of the molecule is CC(C)NCC(=O)Nc1cnn(Cc2ccccc2)c1. The molecule has 1 aromatic carbocycles. The predicted octanol–water partition coefficient (Wildman–Crippen LogP) is 1.87. The molecule has 1 aromatic heterocycles. The first kappa shape index (κ1) is 14.3. The second kappa shape index (κ2) is 6.86. The van der Waals surface area contributed by atoms with Crippen LogP contribution in [-0.4, -0.2) is 28.3 Å². The molecular weight excluding hydrogens is 252 g/mol. The Balaban J connectivity index is 1.87. The van der Waals surface area contributed by atoms with Gasteiger partial charge in [-0.05, 0) is 5.56 Å². The number of anilines is 1. The highest BCUT2D eigenvalue weighted by Gasteiger charge is 2.05. The molecule has 5 heteroatoms. The molecule has 0 spiro atoms. The Bertz CT molecular complexity index is 548. The van der Waals surface area contributed by atoms with E-state index in [2.05, 4.69) is 15.7 Å². The zero-order valence-electron chi connectivity index (χ0n) is 11.8. The van der Waals surface area contributed by atoms with Gasteiger partial charge in [-0.15, -0.1) is 0 Å². The van der Waals surface area contributed by atoms with E-state index in [0.29, 0.717) is 19.1 Å². The van der Waals surface area contributed by atoms with Crippen LogP contribution >= 0.6 is 0 Å². The summed E-state index contributed by atoms with van der Waals surface area (Å²) in [6.45, 7) is 5.01. The number of nitrogens with zero attached hydrogens (tertiary/aromatic N) is 2. The van der Waals surface area contributed by atoms with Gasteiger partial charge in [0.15, 0.2) is 0 Å². The monoisotopic (exact) mass is 272 g/mol. The Morgan fingerprint density at radius 1 is 1.30 bits per heavy atom. The average molecular weight is 272 g/mol. The number of amides is 1. The number of rotatable bonds is 6. The normalized spacial score (nSPS) is 10.8. The van der Waals surface area contributed by atoms with Crippen molar-refractivity contribution in [1.82, 2.24) is 15.1 Å². The maximum Gasteiger partial charge on any atom is 0.238 e. The number of carbonyl (C=O) groups excluding carboxylic acids is 1. The van der Waals surface area contributed by atoms with E-state index >= 15 is 0 Å². The highest BCUT2D eigenvalue weighted by Crippen LogP contribution is 2.07. The molecular formula is C15H20N4O. The Labute approximate surface area is 119 Å². The zero-order valence-corrected chi connectivity index (χ0v) is 11.8. The van der Waals surface area contributed by atoms with E-state index in [-0.39, 0.29) is 5.91 Å². The van der Waals surface area contributed by atoms with Gasteiger partial charge >= 0.3 is 0 Å². The molecule has 0 aliphatic carbocycles. The van der Waals surface area contributed by atoms with Gasteiger partial charge in [-0.2, -0.15) is 5.10 Å². The lowest BCUT2D eigenvalue weighted by Gasteiger charge is -2.07. The topological polar surface area (TPSA) is 59.0 Å². The molecule has 0 saturated carbocycles. The third kappa shape index (κ3) is 4.51. The second-order valence-electron chi connectivity index (χ2n) is 5.00. The number of benzene rings is 1. The van der Waals surface area contributed by atoms with Crippen LogP contribution < -0.4 is 10.6 Å². The van der Waals surface area contributed by atoms with Crippen molar-refractivity contribution < 1.29 is 4.79 Å². The fourth-order valence-electron chi connectivity index (χ4n) is 1.79. The van der Waals surface area contributed by atoms with Crippen LogP contribution in [0.1, 0.15) is 19.4 Å². The third-order valence-corrected chi connectivity index (χ3v) is 2.78. The summed E-state index contributed by atoms with van der Waals surface area (Å²) in [7, 11) is 0. The summed E-state index contributed by atoms with van der Waals surface area (Å²) >= 11 is 0. The Morgan fingerprint density at radius 3 is 2.75 bits per heavy atom. The lowest BCUT2D eigenvalue weighted by Crippen LogP contribution is -2.32. The van der Waals surface area contributed by atoms with Gasteiger partial charge in [0.05, 0.1) is 25.0 Å². The largest absolute Gasteiger partial charge is 0.322 e. The Morgan fingerprint density at radius 2 is 2.05 bits per heavy atom. The van der Waals surface area contributed by atoms with E-state index in [1.165, 1.54) is 5.56 Å². The third-order valence-electron chi connectivity index (χ3n) is 2.78. The van der Waals surface area contributed by atoms with E-state index in [0.717, 1.165) is 5.69 Å². The van der Waals surface area contributed by atoms with Crippen LogP contribution in [0.3, 0.4) is 0 Å². The van der Waals surface area contributed by atoms with Crippen LogP contribution in [0.5, 0.6) is 0 Å². The lowest BCUT2D eigenvalue weighted by atomic mass is 10.2. The van der Waals surface area contributed by atoms with Gasteiger partial charge in [-0.3, -0.25) is 9.48 Å². The van der Waals surface area contributed by atoms with Crippen molar-refractivity contribution in [2.45, 2.75) is 26.4 Å². The molecule has 0 aliphatic heterocycles. The minimum Gasteiger partial charge on any atom is -0.322 e. The molecule has 20 heavy (non-hydrogen) atoms. The number of hydrogen-bond acceptors (Lipinski definition) is 3. The van der Waals surface area contributed by atoms with E-state index in [1.54, 1.807) is 10.9 Å². The standard InChI is InChI=1S/C15H20N4O/c1-12(2)16-9-15(20)18-14-8-17-19(11-14)10-13-6-4-3-5-7-13/h3-8,11-12,16H,9-10H2,1-2H3,(H,18,20). The summed E-state index contributed by atoms with van der Waals surface area (Å²) in [5, 5.41) is 10.1. The van der Waals surface area contributed by atoms with E-state index in [4.69, 9.17) is 0 Å². The lowest BCUT2D eigenvalue weighted by molar-refractivity contribution is -0.115. The van der Waals surface area contributed by atoms with Crippen LogP contribution in [0.25, 0.3) is 0 Å². The first-order chi connectivity index (χ1) is 9.63. The van der Waals surface area contributed by atoms with Gasteiger partial charge in [0.1, 0.15) is 0 Å². The van der Waals surface area contributed by atoms with Crippen molar-refractivity contribution in [2.24, 2.45) is 0 Å². The molecule has 0 bridgehead atoms. The zero-order chi connectivity index (χ0) is 14.4. The van der Waals surface area contributed by atoms with Gasteiger partial charge < -0.3 is 10.6 Å². The molecule has 2 rings (SSSR count). The quantitative estimate of drug-likeness (QED) is 0.844. The van der Waals surface area contributed by atoms with E-state index < -0.39 is 0 Å². The molecule has 2 N–H and O–H groups in total. The molecule has 0 atom stereocenters. The number of carbonyl (C=O) groups is 1. The van der Waals surface area contributed by atoms with Crippen molar-refractivity contribution in [2.75, 3.05) is 11.9 Å². The summed E-state index contributed by atoms with van der Waals surface area (Å²) in [5.41, 5.74) is 1.89. The van der Waals surface area contributed by atoms with Gasteiger partial charge in [0.25, 0.3) is 0 Å². The minimum atomic E-state index is -0.0574. The second-order valence-corrected chi connectivity index (χ2v) is 5.00. The number of hydrogen-bond donors (Lipinski definition) is 2. The van der Waals surface area contributed by atoms with Crippen LogP contribution in [0, 0.1) is 0 Å². The van der Waals surface area contributed by atoms with Crippen molar-refractivity contribution in [3.05, 3.63) is 48.3 Å². The summed E-state index contributed by atoms with van der Waals surface area (Å²) in [5.74, 6) is -0.0574. The van der Waals surface area contributed by atoms with Crippen LogP contribution in [-0.2, 0) is 11.3 Å². The summed E-state index contributed by atoms with van der Waals surface area (Å²) in [4.78, 5) is 11.7. The summed E-state index contributed by atoms with van der Waals surface area (Å²) in [6.07, 6.45) is 3.50. The predicted molar refractivity (Wildman–Crippen MR) is 79.5 cm³/mol.